The summed E-state index contributed by atoms with van der Waals surface area (Å²) in [5, 5.41) is 0. The average Bonchev–Trinajstić information content (AvgIpc) is 3.45. The molecule has 0 bridgehead atoms. The summed E-state index contributed by atoms with van der Waals surface area (Å²) in [6.45, 7) is 5.89. The number of nitrogens with zero attached hydrogens (tertiary/aromatic N) is 2. The molecule has 2 amide bonds. The third kappa shape index (κ3) is 4.87. The molecule has 3 rings (SSSR count). The van der Waals surface area contributed by atoms with E-state index < -0.39 is 10.0 Å². The minimum atomic E-state index is -3.63. The molecule has 8 heteroatoms. The van der Waals surface area contributed by atoms with Gasteiger partial charge < -0.3 is 9.80 Å². The Balaban J connectivity index is 1.46. The van der Waals surface area contributed by atoms with Crippen molar-refractivity contribution >= 4 is 21.8 Å². The van der Waals surface area contributed by atoms with E-state index >= 15 is 0 Å². The first-order valence-electron chi connectivity index (χ1n) is 9.41. The lowest BCUT2D eigenvalue weighted by molar-refractivity contribution is -0.140. The Morgan fingerprint density at radius 1 is 1.07 bits per heavy atom. The Labute approximate surface area is 160 Å². The van der Waals surface area contributed by atoms with Crippen molar-refractivity contribution < 1.29 is 18.0 Å². The summed E-state index contributed by atoms with van der Waals surface area (Å²) in [6.07, 6.45) is 2.08. The molecule has 27 heavy (non-hydrogen) atoms. The molecule has 1 saturated carbocycles. The van der Waals surface area contributed by atoms with Crippen LogP contribution < -0.4 is 4.72 Å². The van der Waals surface area contributed by atoms with Crippen molar-refractivity contribution in [1.82, 2.24) is 14.5 Å². The van der Waals surface area contributed by atoms with Crippen LogP contribution in [0.4, 0.5) is 0 Å². The van der Waals surface area contributed by atoms with E-state index in [9.17, 15) is 18.0 Å². The quantitative estimate of drug-likeness (QED) is 0.783. The van der Waals surface area contributed by atoms with Gasteiger partial charge >= 0.3 is 0 Å². The summed E-state index contributed by atoms with van der Waals surface area (Å²) in [5.41, 5.74) is 1.69. The van der Waals surface area contributed by atoms with Crippen LogP contribution in [-0.4, -0.2) is 62.8 Å². The van der Waals surface area contributed by atoms with Crippen molar-refractivity contribution in [2.75, 3.05) is 32.7 Å². The predicted octanol–water partition coefficient (Wildman–Crippen LogP) is 1.05. The molecule has 2 fully saturated rings. The third-order valence-corrected chi connectivity index (χ3v) is 6.74. The van der Waals surface area contributed by atoms with E-state index in [-0.39, 0.29) is 35.6 Å². The first-order chi connectivity index (χ1) is 12.8. The summed E-state index contributed by atoms with van der Waals surface area (Å²) in [7, 11) is -3.63. The lowest BCUT2D eigenvalue weighted by atomic mass is 10.2. The van der Waals surface area contributed by atoms with Crippen LogP contribution in [0.25, 0.3) is 0 Å². The Kier molecular flexibility index (Phi) is 5.86. The first-order valence-corrected chi connectivity index (χ1v) is 10.9. The zero-order valence-electron chi connectivity index (χ0n) is 15.9. The highest BCUT2D eigenvalue weighted by atomic mass is 32.2. The number of nitrogens with one attached hydrogen (secondary N) is 1. The van der Waals surface area contributed by atoms with E-state index in [1.54, 1.807) is 24.0 Å². The zero-order valence-corrected chi connectivity index (χ0v) is 16.7. The zero-order chi connectivity index (χ0) is 19.6. The molecule has 1 heterocycles. The van der Waals surface area contributed by atoms with Crippen molar-refractivity contribution in [2.45, 2.75) is 38.0 Å². The SMILES string of the molecule is Cc1ccc(S(=O)(=O)NCCC(=O)N2CCN(C(=O)C3CC3)CC2)c(C)c1. The van der Waals surface area contributed by atoms with Crippen LogP contribution in [0.3, 0.4) is 0 Å². The normalized spacial score (nSPS) is 17.9. The first kappa shape index (κ1) is 19.8. The summed E-state index contributed by atoms with van der Waals surface area (Å²) in [5.74, 6) is 0.326. The second kappa shape index (κ2) is 7.98. The fraction of sp³-hybridized carbons (Fsp3) is 0.579. The molecule has 0 radical (unpaired) electrons. The number of hydrogen-bond donors (Lipinski definition) is 1. The van der Waals surface area contributed by atoms with Gasteiger partial charge in [-0.2, -0.15) is 0 Å². The van der Waals surface area contributed by atoms with Crippen LogP contribution in [-0.2, 0) is 19.6 Å². The second-order valence-corrected chi connectivity index (χ2v) is 9.13. The number of sulfonamides is 1. The predicted molar refractivity (Wildman–Crippen MR) is 102 cm³/mol. The Hall–Kier alpha value is -1.93. The number of rotatable bonds is 6. The molecule has 1 aliphatic heterocycles. The Morgan fingerprint density at radius 3 is 2.30 bits per heavy atom. The molecule has 1 aromatic carbocycles. The molecule has 1 saturated heterocycles. The van der Waals surface area contributed by atoms with E-state index in [2.05, 4.69) is 4.72 Å². The lowest BCUT2D eigenvalue weighted by Crippen LogP contribution is -2.51. The van der Waals surface area contributed by atoms with Crippen molar-refractivity contribution in [1.29, 1.82) is 0 Å². The summed E-state index contributed by atoms with van der Waals surface area (Å²) in [4.78, 5) is 28.2. The minimum absolute atomic E-state index is 0.0652. The van der Waals surface area contributed by atoms with Gasteiger partial charge in [0.2, 0.25) is 21.8 Å². The number of carbonyl (C=O) groups excluding carboxylic acids is 2. The molecular formula is C19H27N3O4S. The summed E-state index contributed by atoms with van der Waals surface area (Å²) >= 11 is 0. The van der Waals surface area contributed by atoms with Gasteiger partial charge in [-0.05, 0) is 38.3 Å². The highest BCUT2D eigenvalue weighted by molar-refractivity contribution is 7.89. The van der Waals surface area contributed by atoms with Crippen molar-refractivity contribution in [2.24, 2.45) is 5.92 Å². The number of amides is 2. The van der Waals surface area contributed by atoms with Gasteiger partial charge in [-0.1, -0.05) is 17.7 Å². The Morgan fingerprint density at radius 2 is 1.70 bits per heavy atom. The van der Waals surface area contributed by atoms with Crippen LogP contribution in [0, 0.1) is 19.8 Å². The maximum absolute atomic E-state index is 12.4. The summed E-state index contributed by atoms with van der Waals surface area (Å²) in [6, 6.07) is 5.17. The molecule has 2 aliphatic rings. The van der Waals surface area contributed by atoms with Crippen LogP contribution in [0.5, 0.6) is 0 Å². The Bertz CT molecular complexity index is 825. The molecule has 1 N–H and O–H groups in total. The van der Waals surface area contributed by atoms with Crippen molar-refractivity contribution in [3.8, 4) is 0 Å². The van der Waals surface area contributed by atoms with Gasteiger partial charge in [-0.15, -0.1) is 0 Å². The van der Waals surface area contributed by atoms with Crippen molar-refractivity contribution in [3.05, 3.63) is 29.3 Å². The van der Waals surface area contributed by atoms with E-state index in [1.165, 1.54) is 0 Å². The van der Waals surface area contributed by atoms with Gasteiger partial charge in [0.05, 0.1) is 4.90 Å². The van der Waals surface area contributed by atoms with Crippen LogP contribution in [0.2, 0.25) is 0 Å². The largest absolute Gasteiger partial charge is 0.339 e. The van der Waals surface area contributed by atoms with Crippen LogP contribution >= 0.6 is 0 Å². The number of hydrogen-bond acceptors (Lipinski definition) is 4. The highest BCUT2D eigenvalue weighted by Crippen LogP contribution is 2.31. The molecule has 1 aliphatic carbocycles. The molecule has 1 aromatic rings. The second-order valence-electron chi connectivity index (χ2n) is 7.40. The molecule has 0 unspecified atom stereocenters. The van der Waals surface area contributed by atoms with E-state index in [4.69, 9.17) is 0 Å². The molecule has 0 atom stereocenters. The van der Waals surface area contributed by atoms with Crippen LogP contribution in [0.1, 0.15) is 30.4 Å². The average molecular weight is 394 g/mol. The van der Waals surface area contributed by atoms with E-state index in [0.29, 0.717) is 31.7 Å². The number of carbonyl (C=O) groups is 2. The minimum Gasteiger partial charge on any atom is -0.339 e. The fourth-order valence-electron chi connectivity index (χ4n) is 3.39. The van der Waals surface area contributed by atoms with Gasteiger partial charge in [-0.3, -0.25) is 9.59 Å². The molecular weight excluding hydrogens is 366 g/mol. The number of piperazine rings is 1. The maximum Gasteiger partial charge on any atom is 0.240 e. The van der Waals surface area contributed by atoms with Gasteiger partial charge in [0, 0.05) is 45.1 Å². The molecule has 148 valence electrons. The monoisotopic (exact) mass is 393 g/mol. The van der Waals surface area contributed by atoms with E-state index in [1.807, 2.05) is 17.9 Å². The number of aryl methyl sites for hydroxylation is 2. The fourth-order valence-corrected chi connectivity index (χ4v) is 4.65. The smallest absolute Gasteiger partial charge is 0.240 e. The van der Waals surface area contributed by atoms with Crippen molar-refractivity contribution in [3.63, 3.8) is 0 Å². The van der Waals surface area contributed by atoms with E-state index in [0.717, 1.165) is 18.4 Å². The number of benzene rings is 1. The standard InChI is InChI=1S/C19H27N3O4S/c1-14-3-6-17(15(2)13-14)27(25,26)20-8-7-18(23)21-9-11-22(12-10-21)19(24)16-4-5-16/h3,6,13,16,20H,4-5,7-12H2,1-2H3. The maximum atomic E-state index is 12.4. The van der Waals surface area contributed by atoms with Crippen LogP contribution in [0.15, 0.2) is 23.1 Å². The highest BCUT2D eigenvalue weighted by Gasteiger charge is 2.35. The van der Waals surface area contributed by atoms with Gasteiger partial charge in [0.25, 0.3) is 0 Å². The van der Waals surface area contributed by atoms with Gasteiger partial charge in [0.1, 0.15) is 0 Å². The topological polar surface area (TPSA) is 86.8 Å². The van der Waals surface area contributed by atoms with Gasteiger partial charge in [-0.25, -0.2) is 13.1 Å². The third-order valence-electron chi connectivity index (χ3n) is 5.12. The van der Waals surface area contributed by atoms with Gasteiger partial charge in [0.15, 0.2) is 0 Å². The molecule has 0 aromatic heterocycles. The summed E-state index contributed by atoms with van der Waals surface area (Å²) < 4.78 is 27.4. The molecule has 0 spiro atoms. The molecule has 7 nitrogen and oxygen atoms in total. The lowest BCUT2D eigenvalue weighted by Gasteiger charge is -2.35.